The second-order valence-corrected chi connectivity index (χ2v) is 4.33. The quantitative estimate of drug-likeness (QED) is 0.827. The molecule has 1 N–H and O–H groups in total. The van der Waals surface area contributed by atoms with Gasteiger partial charge in [-0.15, -0.1) is 0 Å². The first-order valence-corrected chi connectivity index (χ1v) is 6.30. The molecule has 0 saturated carbocycles. The van der Waals surface area contributed by atoms with Crippen molar-refractivity contribution in [2.45, 2.75) is 25.8 Å². The fraction of sp³-hybridized carbons (Fsp3) is 0.500. The zero-order valence-electron chi connectivity index (χ0n) is 10.9. The first-order valence-electron chi connectivity index (χ1n) is 6.30. The maximum atomic E-state index is 11.4. The molecule has 0 saturated heterocycles. The van der Waals surface area contributed by atoms with Gasteiger partial charge in [0.15, 0.2) is 0 Å². The molecule has 0 radical (unpaired) electrons. The Kier molecular flexibility index (Phi) is 4.20. The van der Waals surface area contributed by atoms with Crippen molar-refractivity contribution in [2.24, 2.45) is 0 Å². The second-order valence-electron chi connectivity index (χ2n) is 4.33. The van der Waals surface area contributed by atoms with E-state index in [0.717, 1.165) is 24.3 Å². The molecule has 2 rings (SSSR count). The summed E-state index contributed by atoms with van der Waals surface area (Å²) in [6.07, 6.45) is 1.35. The average Bonchev–Trinajstić information content (AvgIpc) is 2.39. The van der Waals surface area contributed by atoms with E-state index in [4.69, 9.17) is 9.47 Å². The third-order valence-electron chi connectivity index (χ3n) is 3.19. The molecule has 1 atom stereocenters. The van der Waals surface area contributed by atoms with Gasteiger partial charge in [0.05, 0.1) is 20.1 Å². The number of hydrogen-bond acceptors (Lipinski definition) is 4. The van der Waals surface area contributed by atoms with Crippen LogP contribution in [0, 0.1) is 0 Å². The van der Waals surface area contributed by atoms with Crippen LogP contribution < -0.4 is 10.1 Å². The van der Waals surface area contributed by atoms with E-state index in [-0.39, 0.29) is 12.0 Å². The number of hydrogen-bond donors (Lipinski definition) is 1. The topological polar surface area (TPSA) is 47.6 Å². The number of ether oxygens (including phenoxy) is 2. The number of methoxy groups -OCH3 is 1. The summed E-state index contributed by atoms with van der Waals surface area (Å²) in [7, 11) is 1.42. The number of esters is 1. The molecule has 0 fully saturated rings. The van der Waals surface area contributed by atoms with E-state index in [2.05, 4.69) is 11.4 Å². The Balaban J connectivity index is 2.22. The fourth-order valence-electron chi connectivity index (χ4n) is 2.30. The summed E-state index contributed by atoms with van der Waals surface area (Å²) in [6.45, 7) is 3.50. The van der Waals surface area contributed by atoms with Crippen molar-refractivity contribution in [3.05, 3.63) is 29.3 Å². The van der Waals surface area contributed by atoms with Crippen molar-refractivity contribution < 1.29 is 14.3 Å². The van der Waals surface area contributed by atoms with Gasteiger partial charge in [-0.2, -0.15) is 0 Å². The number of carbonyl (C=O) groups is 1. The highest BCUT2D eigenvalue weighted by Gasteiger charge is 2.23. The van der Waals surface area contributed by atoms with Crippen molar-refractivity contribution in [2.75, 3.05) is 20.3 Å². The second kappa shape index (κ2) is 5.87. The van der Waals surface area contributed by atoms with Gasteiger partial charge >= 0.3 is 5.97 Å². The molecule has 1 aromatic carbocycles. The normalized spacial score (nSPS) is 18.0. The van der Waals surface area contributed by atoms with E-state index in [1.165, 1.54) is 12.7 Å². The van der Waals surface area contributed by atoms with Crippen LogP contribution in [0.4, 0.5) is 0 Å². The van der Waals surface area contributed by atoms with Crippen LogP contribution >= 0.6 is 0 Å². The predicted molar refractivity (Wildman–Crippen MR) is 68.7 cm³/mol. The first-order chi connectivity index (χ1) is 8.74. The summed E-state index contributed by atoms with van der Waals surface area (Å²) in [6, 6.07) is 6.13. The van der Waals surface area contributed by atoms with Crippen LogP contribution in [0.3, 0.4) is 0 Å². The monoisotopic (exact) mass is 249 g/mol. The summed E-state index contributed by atoms with van der Waals surface area (Å²) >= 11 is 0. The van der Waals surface area contributed by atoms with Gasteiger partial charge in [0, 0.05) is 6.04 Å². The zero-order valence-corrected chi connectivity index (χ0v) is 10.9. The molecule has 98 valence electrons. The molecule has 1 unspecified atom stereocenters. The summed E-state index contributed by atoms with van der Waals surface area (Å²) in [5.74, 6) is 0.664. The summed E-state index contributed by atoms with van der Waals surface area (Å²) in [5.41, 5.74) is 2.43. The zero-order chi connectivity index (χ0) is 13.0. The Labute approximate surface area is 107 Å². The number of carbonyl (C=O) groups excluding carboxylic acids is 1. The molecule has 1 heterocycles. The Hall–Kier alpha value is -1.55. The number of rotatable bonds is 4. The molecule has 0 aliphatic carbocycles. The SMILES string of the molecule is CCOc1ccc2c(c1)C(CC(=O)OC)NCC2. The van der Waals surface area contributed by atoms with Crippen LogP contribution in [-0.2, 0) is 16.0 Å². The molecule has 1 aromatic rings. The van der Waals surface area contributed by atoms with Gasteiger partial charge in [-0.25, -0.2) is 0 Å². The van der Waals surface area contributed by atoms with E-state index in [9.17, 15) is 4.79 Å². The molecule has 0 aromatic heterocycles. The van der Waals surface area contributed by atoms with Crippen molar-refractivity contribution >= 4 is 5.97 Å². The van der Waals surface area contributed by atoms with Crippen LogP contribution in [0.1, 0.15) is 30.5 Å². The predicted octanol–water partition coefficient (Wildman–Crippen LogP) is 1.84. The summed E-state index contributed by atoms with van der Waals surface area (Å²) in [4.78, 5) is 11.4. The highest BCUT2D eigenvalue weighted by Crippen LogP contribution is 2.29. The molecule has 4 heteroatoms. The maximum Gasteiger partial charge on any atom is 0.307 e. The molecule has 1 aliphatic heterocycles. The minimum atomic E-state index is -0.192. The van der Waals surface area contributed by atoms with Crippen LogP contribution in [0.5, 0.6) is 5.75 Å². The van der Waals surface area contributed by atoms with Gasteiger partial charge in [-0.3, -0.25) is 4.79 Å². The van der Waals surface area contributed by atoms with E-state index < -0.39 is 0 Å². The lowest BCUT2D eigenvalue weighted by Gasteiger charge is -2.26. The molecular formula is C14H19NO3. The van der Waals surface area contributed by atoms with E-state index in [0.29, 0.717) is 13.0 Å². The van der Waals surface area contributed by atoms with Crippen molar-refractivity contribution in [1.29, 1.82) is 0 Å². The van der Waals surface area contributed by atoms with E-state index in [1.54, 1.807) is 0 Å². The van der Waals surface area contributed by atoms with Gasteiger partial charge < -0.3 is 14.8 Å². The third kappa shape index (κ3) is 2.82. The van der Waals surface area contributed by atoms with Crippen molar-refractivity contribution in [3.8, 4) is 5.75 Å². The van der Waals surface area contributed by atoms with Crippen molar-refractivity contribution in [1.82, 2.24) is 5.32 Å². The number of fused-ring (bicyclic) bond motifs is 1. The third-order valence-corrected chi connectivity index (χ3v) is 3.19. The minimum absolute atomic E-state index is 0.0293. The molecule has 18 heavy (non-hydrogen) atoms. The van der Waals surface area contributed by atoms with Crippen LogP contribution in [-0.4, -0.2) is 26.2 Å². The smallest absolute Gasteiger partial charge is 0.307 e. The lowest BCUT2D eigenvalue weighted by Crippen LogP contribution is -2.31. The van der Waals surface area contributed by atoms with Gasteiger partial charge in [0.25, 0.3) is 0 Å². The largest absolute Gasteiger partial charge is 0.494 e. The Bertz CT molecular complexity index is 431. The standard InChI is InChI=1S/C14H19NO3/c1-3-18-11-5-4-10-6-7-15-13(12(10)8-11)9-14(16)17-2/h4-5,8,13,15H,3,6-7,9H2,1-2H3. The molecule has 0 amide bonds. The van der Waals surface area contributed by atoms with Gasteiger partial charge in [-0.05, 0) is 43.1 Å². The van der Waals surface area contributed by atoms with Crippen LogP contribution in [0.25, 0.3) is 0 Å². The fourth-order valence-corrected chi connectivity index (χ4v) is 2.30. The van der Waals surface area contributed by atoms with E-state index >= 15 is 0 Å². The maximum absolute atomic E-state index is 11.4. The lowest BCUT2D eigenvalue weighted by molar-refractivity contribution is -0.141. The molecule has 0 spiro atoms. The summed E-state index contributed by atoms with van der Waals surface area (Å²) < 4.78 is 10.2. The molecular weight excluding hydrogens is 230 g/mol. The Morgan fingerprint density at radius 3 is 3.06 bits per heavy atom. The molecule has 0 bridgehead atoms. The molecule has 4 nitrogen and oxygen atoms in total. The van der Waals surface area contributed by atoms with Crippen LogP contribution in [0.2, 0.25) is 0 Å². The van der Waals surface area contributed by atoms with E-state index in [1.807, 2.05) is 19.1 Å². The highest BCUT2D eigenvalue weighted by molar-refractivity contribution is 5.70. The highest BCUT2D eigenvalue weighted by atomic mass is 16.5. The lowest BCUT2D eigenvalue weighted by atomic mass is 9.92. The van der Waals surface area contributed by atoms with Gasteiger partial charge in [-0.1, -0.05) is 6.07 Å². The van der Waals surface area contributed by atoms with Crippen LogP contribution in [0.15, 0.2) is 18.2 Å². The number of nitrogens with one attached hydrogen (secondary N) is 1. The average molecular weight is 249 g/mol. The number of benzene rings is 1. The first kappa shape index (κ1) is 12.9. The van der Waals surface area contributed by atoms with Gasteiger partial charge in [0.2, 0.25) is 0 Å². The Morgan fingerprint density at radius 2 is 2.33 bits per heavy atom. The Morgan fingerprint density at radius 1 is 1.50 bits per heavy atom. The van der Waals surface area contributed by atoms with Gasteiger partial charge in [0.1, 0.15) is 5.75 Å². The van der Waals surface area contributed by atoms with Crippen molar-refractivity contribution in [3.63, 3.8) is 0 Å². The summed E-state index contributed by atoms with van der Waals surface area (Å²) in [5, 5.41) is 3.35. The minimum Gasteiger partial charge on any atom is -0.494 e. The molecule has 1 aliphatic rings.